The van der Waals surface area contributed by atoms with Gasteiger partial charge < -0.3 is 10.7 Å². The van der Waals surface area contributed by atoms with Crippen molar-refractivity contribution in [2.45, 2.75) is 26.7 Å². The molecule has 0 aliphatic carbocycles. The van der Waals surface area contributed by atoms with Crippen LogP contribution in [0.3, 0.4) is 0 Å². The first-order valence-electron chi connectivity index (χ1n) is 5.12. The van der Waals surface area contributed by atoms with Crippen molar-refractivity contribution in [2.24, 2.45) is 11.7 Å². The molecular weight excluding hydrogens is 192 g/mol. The first-order valence-corrected chi connectivity index (χ1v) is 5.12. The van der Waals surface area contributed by atoms with E-state index in [2.05, 4.69) is 4.98 Å². The fraction of sp³-hybridized carbons (Fsp3) is 0.455. The largest absolute Gasteiger partial charge is 0.364 e. The summed E-state index contributed by atoms with van der Waals surface area (Å²) >= 11 is 0. The van der Waals surface area contributed by atoms with Gasteiger partial charge in [0.15, 0.2) is 5.78 Å². The minimum absolute atomic E-state index is 0.0292. The number of primary amides is 1. The van der Waals surface area contributed by atoms with E-state index in [0.717, 1.165) is 12.8 Å². The molecule has 15 heavy (non-hydrogen) atoms. The number of ketones is 1. The molecule has 0 aromatic carbocycles. The molecule has 82 valence electrons. The highest BCUT2D eigenvalue weighted by Crippen LogP contribution is 2.16. The van der Waals surface area contributed by atoms with Gasteiger partial charge in [-0.25, -0.2) is 0 Å². The lowest BCUT2D eigenvalue weighted by Crippen LogP contribution is -2.13. The number of hydrogen-bond acceptors (Lipinski definition) is 2. The van der Waals surface area contributed by atoms with Crippen molar-refractivity contribution in [1.29, 1.82) is 0 Å². The molecule has 0 fully saturated rings. The Bertz CT molecular complexity index is 364. The average molecular weight is 208 g/mol. The fourth-order valence-electron chi connectivity index (χ4n) is 1.57. The van der Waals surface area contributed by atoms with Gasteiger partial charge in [0.1, 0.15) is 5.69 Å². The van der Waals surface area contributed by atoms with Gasteiger partial charge in [-0.3, -0.25) is 9.59 Å². The molecular formula is C11H16N2O2. The molecule has 4 heteroatoms. The van der Waals surface area contributed by atoms with Crippen LogP contribution < -0.4 is 5.73 Å². The Morgan fingerprint density at radius 1 is 1.40 bits per heavy atom. The standard InChI is InChI=1S/C11H16N2O2/c1-3-7(4-2)10(14)8-5-9(11(12)15)13-6-8/h5-7,13H,3-4H2,1-2H3,(H2,12,15). The summed E-state index contributed by atoms with van der Waals surface area (Å²) in [6, 6.07) is 1.52. The monoisotopic (exact) mass is 208 g/mol. The van der Waals surface area contributed by atoms with Crippen molar-refractivity contribution in [2.75, 3.05) is 0 Å². The summed E-state index contributed by atoms with van der Waals surface area (Å²) in [6.45, 7) is 3.96. The number of aromatic amines is 1. The zero-order valence-corrected chi connectivity index (χ0v) is 9.04. The molecule has 1 aromatic rings. The number of amides is 1. The van der Waals surface area contributed by atoms with Crippen molar-refractivity contribution < 1.29 is 9.59 Å². The summed E-state index contributed by atoms with van der Waals surface area (Å²) in [7, 11) is 0. The molecule has 0 unspecified atom stereocenters. The molecule has 0 aliphatic heterocycles. The molecule has 0 saturated carbocycles. The second-order valence-electron chi connectivity index (χ2n) is 3.54. The van der Waals surface area contributed by atoms with E-state index in [0.29, 0.717) is 5.56 Å². The summed E-state index contributed by atoms with van der Waals surface area (Å²) in [4.78, 5) is 25.4. The third-order valence-corrected chi connectivity index (χ3v) is 2.59. The van der Waals surface area contributed by atoms with Gasteiger partial charge in [-0.1, -0.05) is 13.8 Å². The molecule has 1 aromatic heterocycles. The third-order valence-electron chi connectivity index (χ3n) is 2.59. The molecule has 1 heterocycles. The smallest absolute Gasteiger partial charge is 0.265 e. The predicted molar refractivity (Wildman–Crippen MR) is 57.7 cm³/mol. The molecule has 0 bridgehead atoms. The number of Topliss-reactive ketones (excluding diaryl/α,β-unsaturated/α-hetero) is 1. The zero-order chi connectivity index (χ0) is 11.4. The van der Waals surface area contributed by atoms with Crippen molar-refractivity contribution in [3.05, 3.63) is 23.5 Å². The number of hydrogen-bond donors (Lipinski definition) is 2. The van der Waals surface area contributed by atoms with Gasteiger partial charge in [0.2, 0.25) is 0 Å². The first kappa shape index (κ1) is 11.5. The van der Waals surface area contributed by atoms with Crippen LogP contribution >= 0.6 is 0 Å². The van der Waals surface area contributed by atoms with Crippen LogP contribution in [-0.4, -0.2) is 16.7 Å². The second kappa shape index (κ2) is 4.77. The Balaban J connectivity index is 2.86. The number of carbonyl (C=O) groups is 2. The Hall–Kier alpha value is -1.58. The maximum atomic E-state index is 11.9. The molecule has 0 aliphatic rings. The van der Waals surface area contributed by atoms with Gasteiger partial charge >= 0.3 is 0 Å². The summed E-state index contributed by atoms with van der Waals surface area (Å²) in [5.41, 5.74) is 5.91. The van der Waals surface area contributed by atoms with Crippen LogP contribution in [0.25, 0.3) is 0 Å². The van der Waals surface area contributed by atoms with Crippen molar-refractivity contribution in [3.8, 4) is 0 Å². The van der Waals surface area contributed by atoms with Gasteiger partial charge in [0, 0.05) is 17.7 Å². The quantitative estimate of drug-likeness (QED) is 0.723. The molecule has 0 atom stereocenters. The van der Waals surface area contributed by atoms with E-state index in [1.807, 2.05) is 13.8 Å². The van der Waals surface area contributed by atoms with Crippen LogP contribution in [0.2, 0.25) is 0 Å². The van der Waals surface area contributed by atoms with E-state index in [4.69, 9.17) is 5.73 Å². The number of aromatic nitrogens is 1. The Morgan fingerprint density at radius 3 is 2.40 bits per heavy atom. The predicted octanol–water partition coefficient (Wildman–Crippen LogP) is 1.73. The minimum Gasteiger partial charge on any atom is -0.364 e. The van der Waals surface area contributed by atoms with Crippen LogP contribution in [0.5, 0.6) is 0 Å². The summed E-state index contributed by atoms with van der Waals surface area (Å²) < 4.78 is 0. The van der Waals surface area contributed by atoms with Crippen LogP contribution in [-0.2, 0) is 0 Å². The van der Waals surface area contributed by atoms with Crippen LogP contribution in [0.1, 0.15) is 47.5 Å². The number of H-pyrrole nitrogens is 1. The summed E-state index contributed by atoms with van der Waals surface area (Å²) in [6.07, 6.45) is 3.17. The zero-order valence-electron chi connectivity index (χ0n) is 9.04. The highest BCUT2D eigenvalue weighted by Gasteiger charge is 2.18. The lowest BCUT2D eigenvalue weighted by molar-refractivity contribution is 0.0913. The number of rotatable bonds is 5. The lowest BCUT2D eigenvalue weighted by atomic mass is 9.94. The van der Waals surface area contributed by atoms with E-state index in [9.17, 15) is 9.59 Å². The number of nitrogens with one attached hydrogen (secondary N) is 1. The Labute approximate surface area is 88.9 Å². The third kappa shape index (κ3) is 2.46. The van der Waals surface area contributed by atoms with E-state index >= 15 is 0 Å². The summed E-state index contributed by atoms with van der Waals surface area (Å²) in [5.74, 6) is -0.441. The maximum Gasteiger partial charge on any atom is 0.265 e. The van der Waals surface area contributed by atoms with Gasteiger partial charge in [-0.05, 0) is 18.9 Å². The number of carbonyl (C=O) groups excluding carboxylic acids is 2. The van der Waals surface area contributed by atoms with Gasteiger partial charge in [-0.2, -0.15) is 0 Å². The van der Waals surface area contributed by atoms with Gasteiger partial charge in [0.25, 0.3) is 5.91 Å². The van der Waals surface area contributed by atoms with E-state index in [1.54, 1.807) is 6.20 Å². The maximum absolute atomic E-state index is 11.9. The molecule has 4 nitrogen and oxygen atoms in total. The Morgan fingerprint density at radius 2 is 2.00 bits per heavy atom. The molecule has 1 rings (SSSR count). The van der Waals surface area contributed by atoms with E-state index in [1.165, 1.54) is 6.07 Å². The molecule has 0 radical (unpaired) electrons. The molecule has 3 N–H and O–H groups in total. The minimum atomic E-state index is -0.543. The van der Waals surface area contributed by atoms with Crippen molar-refractivity contribution >= 4 is 11.7 Å². The highest BCUT2D eigenvalue weighted by atomic mass is 16.1. The SMILES string of the molecule is CCC(CC)C(=O)c1c[nH]c(C(N)=O)c1. The summed E-state index contributed by atoms with van der Waals surface area (Å²) in [5, 5.41) is 0. The average Bonchev–Trinajstić information content (AvgIpc) is 2.68. The normalized spacial score (nSPS) is 10.6. The van der Waals surface area contributed by atoms with Gasteiger partial charge in [-0.15, -0.1) is 0 Å². The van der Waals surface area contributed by atoms with Gasteiger partial charge in [0.05, 0.1) is 0 Å². The van der Waals surface area contributed by atoms with Crippen LogP contribution in [0.15, 0.2) is 12.3 Å². The fourth-order valence-corrected chi connectivity index (χ4v) is 1.57. The van der Waals surface area contributed by atoms with Crippen LogP contribution in [0.4, 0.5) is 0 Å². The second-order valence-corrected chi connectivity index (χ2v) is 3.54. The van der Waals surface area contributed by atoms with Crippen molar-refractivity contribution in [1.82, 2.24) is 4.98 Å². The molecule has 1 amide bonds. The first-order chi connectivity index (χ1) is 7.10. The van der Waals surface area contributed by atoms with E-state index < -0.39 is 5.91 Å². The lowest BCUT2D eigenvalue weighted by Gasteiger charge is -2.08. The number of nitrogens with two attached hydrogens (primary N) is 1. The molecule has 0 saturated heterocycles. The topological polar surface area (TPSA) is 75.9 Å². The molecule has 0 spiro atoms. The van der Waals surface area contributed by atoms with E-state index in [-0.39, 0.29) is 17.4 Å². The van der Waals surface area contributed by atoms with Crippen LogP contribution in [0, 0.1) is 5.92 Å². The highest BCUT2D eigenvalue weighted by molar-refractivity contribution is 6.00. The Kier molecular flexibility index (Phi) is 3.66. The van der Waals surface area contributed by atoms with Crippen molar-refractivity contribution in [3.63, 3.8) is 0 Å².